The molecular weight excluding hydrogens is 260 g/mol. The Balaban J connectivity index is 1.72. The number of ketones is 1. The molecule has 112 valence electrons. The van der Waals surface area contributed by atoms with Crippen LogP contribution in [0.15, 0.2) is 24.3 Å². The molecule has 0 N–H and O–H groups in total. The number of hydrogen-bond acceptors (Lipinski definition) is 2. The fraction of sp³-hybridized carbons (Fsp3) is 0.556. The molecule has 1 aliphatic carbocycles. The number of aryl methyl sites for hydroxylation is 1. The van der Waals surface area contributed by atoms with Gasteiger partial charge in [0.1, 0.15) is 5.78 Å². The van der Waals surface area contributed by atoms with Crippen molar-refractivity contribution < 1.29 is 4.79 Å². The fourth-order valence-electron chi connectivity index (χ4n) is 3.62. The van der Waals surface area contributed by atoms with Crippen LogP contribution in [-0.4, -0.2) is 15.6 Å². The zero-order chi connectivity index (χ0) is 14.8. The van der Waals surface area contributed by atoms with Crippen LogP contribution < -0.4 is 0 Å². The highest BCUT2D eigenvalue weighted by atomic mass is 16.1. The molecular formula is C18H24N2O. The lowest BCUT2D eigenvalue weighted by molar-refractivity contribution is -0.123. The lowest BCUT2D eigenvalue weighted by atomic mass is 9.78. The minimum atomic E-state index is 0.258. The summed E-state index contributed by atoms with van der Waals surface area (Å²) in [6, 6.07) is 8.16. The lowest BCUT2D eigenvalue weighted by Crippen LogP contribution is -2.23. The Labute approximate surface area is 126 Å². The first-order chi connectivity index (χ1) is 10.2. The number of Topliss-reactive ketones (excluding diaryl/α,β-unsaturated/α-hetero) is 1. The van der Waals surface area contributed by atoms with Crippen LogP contribution in [0.5, 0.6) is 0 Å². The molecule has 0 unspecified atom stereocenters. The van der Waals surface area contributed by atoms with Gasteiger partial charge in [-0.15, -0.1) is 0 Å². The van der Waals surface area contributed by atoms with Crippen LogP contribution in [0, 0.1) is 11.8 Å². The third kappa shape index (κ3) is 2.87. The van der Waals surface area contributed by atoms with Crippen molar-refractivity contribution >= 4 is 16.7 Å². The van der Waals surface area contributed by atoms with Crippen LogP contribution in [0.1, 0.15) is 44.7 Å². The Hall–Kier alpha value is -1.64. The van der Waals surface area contributed by atoms with Gasteiger partial charge in [0.15, 0.2) is 0 Å². The highest BCUT2D eigenvalue weighted by Gasteiger charge is 2.26. The predicted molar refractivity (Wildman–Crippen MR) is 85.2 cm³/mol. The average Bonchev–Trinajstić information content (AvgIpc) is 2.84. The third-order valence-corrected chi connectivity index (χ3v) is 5.06. The fourth-order valence-corrected chi connectivity index (χ4v) is 3.62. The molecule has 0 spiro atoms. The molecule has 1 aromatic carbocycles. The summed E-state index contributed by atoms with van der Waals surface area (Å²) in [6.45, 7) is 2.26. The molecule has 3 rings (SSSR count). The van der Waals surface area contributed by atoms with E-state index in [0.29, 0.717) is 12.2 Å². The highest BCUT2D eigenvalue weighted by molar-refractivity contribution is 5.89. The van der Waals surface area contributed by atoms with Gasteiger partial charge in [-0.2, -0.15) is 5.10 Å². The van der Waals surface area contributed by atoms with Crippen molar-refractivity contribution in [2.45, 2.75) is 45.4 Å². The maximum absolute atomic E-state index is 12.6. The van der Waals surface area contributed by atoms with E-state index in [0.717, 1.165) is 35.4 Å². The lowest BCUT2D eigenvalue weighted by Gasteiger charge is -2.26. The largest absolute Gasteiger partial charge is 0.299 e. The van der Waals surface area contributed by atoms with Crippen LogP contribution in [-0.2, 0) is 18.3 Å². The standard InChI is InChI=1S/C18H24N2O/c1-3-13-8-10-14(11-9-13)18(21)12-16-15-6-4-5-7-17(15)20(2)19-16/h4-7,13-14H,3,8-12H2,1-2H3. The van der Waals surface area contributed by atoms with E-state index in [9.17, 15) is 4.79 Å². The van der Waals surface area contributed by atoms with Crippen LogP contribution in [0.4, 0.5) is 0 Å². The van der Waals surface area contributed by atoms with Gasteiger partial charge >= 0.3 is 0 Å². The molecule has 1 aromatic heterocycles. The topological polar surface area (TPSA) is 34.9 Å². The molecule has 0 aliphatic heterocycles. The van der Waals surface area contributed by atoms with Crippen molar-refractivity contribution in [1.82, 2.24) is 9.78 Å². The molecule has 0 saturated heterocycles. The summed E-state index contributed by atoms with van der Waals surface area (Å²) in [6.07, 6.45) is 6.32. The second-order valence-corrected chi connectivity index (χ2v) is 6.36. The zero-order valence-electron chi connectivity index (χ0n) is 13.0. The number of rotatable bonds is 4. The van der Waals surface area contributed by atoms with Crippen molar-refractivity contribution in [1.29, 1.82) is 0 Å². The quantitative estimate of drug-likeness (QED) is 0.853. The Morgan fingerprint density at radius 2 is 1.95 bits per heavy atom. The molecule has 0 bridgehead atoms. The molecule has 1 saturated carbocycles. The van der Waals surface area contributed by atoms with E-state index >= 15 is 0 Å². The smallest absolute Gasteiger partial charge is 0.142 e. The van der Waals surface area contributed by atoms with Gasteiger partial charge in [-0.05, 0) is 37.7 Å². The Kier molecular flexibility index (Phi) is 4.09. The van der Waals surface area contributed by atoms with Crippen LogP contribution >= 0.6 is 0 Å². The number of carbonyl (C=O) groups excluding carboxylic acids is 1. The van der Waals surface area contributed by atoms with Crippen molar-refractivity contribution in [2.75, 3.05) is 0 Å². The summed E-state index contributed by atoms with van der Waals surface area (Å²) in [4.78, 5) is 12.6. The molecule has 3 heteroatoms. The minimum absolute atomic E-state index is 0.258. The summed E-state index contributed by atoms with van der Waals surface area (Å²) in [5.41, 5.74) is 2.05. The van der Waals surface area contributed by atoms with Gasteiger partial charge in [-0.3, -0.25) is 9.48 Å². The second kappa shape index (κ2) is 6.00. The van der Waals surface area contributed by atoms with Crippen molar-refractivity contribution in [3.63, 3.8) is 0 Å². The van der Waals surface area contributed by atoms with Crippen LogP contribution in [0.2, 0.25) is 0 Å². The maximum Gasteiger partial charge on any atom is 0.142 e. The number of nitrogens with zero attached hydrogens (tertiary/aromatic N) is 2. The minimum Gasteiger partial charge on any atom is -0.299 e. The van der Waals surface area contributed by atoms with Gasteiger partial charge in [0, 0.05) is 18.4 Å². The molecule has 0 atom stereocenters. The first kappa shape index (κ1) is 14.3. The maximum atomic E-state index is 12.6. The molecule has 3 nitrogen and oxygen atoms in total. The zero-order valence-corrected chi connectivity index (χ0v) is 13.0. The van der Waals surface area contributed by atoms with Gasteiger partial charge in [0.2, 0.25) is 0 Å². The predicted octanol–water partition coefficient (Wildman–Crippen LogP) is 3.90. The van der Waals surface area contributed by atoms with E-state index in [-0.39, 0.29) is 5.92 Å². The summed E-state index contributed by atoms with van der Waals surface area (Å²) in [5, 5.41) is 5.67. The first-order valence-electron chi connectivity index (χ1n) is 8.12. The van der Waals surface area contributed by atoms with Crippen LogP contribution in [0.3, 0.4) is 0 Å². The van der Waals surface area contributed by atoms with Gasteiger partial charge < -0.3 is 0 Å². The molecule has 1 aliphatic rings. The summed E-state index contributed by atoms with van der Waals surface area (Å²) in [7, 11) is 1.95. The Morgan fingerprint density at radius 1 is 1.24 bits per heavy atom. The van der Waals surface area contributed by atoms with E-state index in [1.54, 1.807) is 0 Å². The first-order valence-corrected chi connectivity index (χ1v) is 8.12. The van der Waals surface area contributed by atoms with Gasteiger partial charge in [0.05, 0.1) is 17.6 Å². The molecule has 0 amide bonds. The average molecular weight is 284 g/mol. The summed E-state index contributed by atoms with van der Waals surface area (Å²) < 4.78 is 1.88. The van der Waals surface area contributed by atoms with E-state index in [2.05, 4.69) is 24.2 Å². The van der Waals surface area contributed by atoms with E-state index in [1.165, 1.54) is 19.3 Å². The van der Waals surface area contributed by atoms with E-state index in [4.69, 9.17) is 0 Å². The molecule has 0 radical (unpaired) electrons. The molecule has 2 aromatic rings. The number of para-hydroxylation sites is 1. The number of hydrogen-bond donors (Lipinski definition) is 0. The van der Waals surface area contributed by atoms with Crippen molar-refractivity contribution in [3.8, 4) is 0 Å². The number of benzene rings is 1. The number of fused-ring (bicyclic) bond motifs is 1. The summed E-state index contributed by atoms with van der Waals surface area (Å²) in [5.74, 6) is 1.48. The molecule has 1 heterocycles. The van der Waals surface area contributed by atoms with Gasteiger partial charge in [-0.25, -0.2) is 0 Å². The number of carbonyl (C=O) groups is 1. The van der Waals surface area contributed by atoms with E-state index in [1.807, 2.05) is 23.9 Å². The SMILES string of the molecule is CCC1CCC(C(=O)Cc2nn(C)c3ccccc23)CC1. The normalized spacial score (nSPS) is 22.6. The van der Waals surface area contributed by atoms with Gasteiger partial charge in [0.25, 0.3) is 0 Å². The molecule has 1 fully saturated rings. The van der Waals surface area contributed by atoms with Crippen LogP contribution in [0.25, 0.3) is 10.9 Å². The monoisotopic (exact) mass is 284 g/mol. The molecule has 21 heavy (non-hydrogen) atoms. The third-order valence-electron chi connectivity index (χ3n) is 5.06. The number of aromatic nitrogens is 2. The second-order valence-electron chi connectivity index (χ2n) is 6.36. The Bertz CT molecular complexity index is 636. The highest BCUT2D eigenvalue weighted by Crippen LogP contribution is 2.32. The van der Waals surface area contributed by atoms with Crippen molar-refractivity contribution in [3.05, 3.63) is 30.0 Å². The van der Waals surface area contributed by atoms with Gasteiger partial charge in [-0.1, -0.05) is 31.5 Å². The van der Waals surface area contributed by atoms with Crippen molar-refractivity contribution in [2.24, 2.45) is 18.9 Å². The van der Waals surface area contributed by atoms with E-state index < -0.39 is 0 Å². The Morgan fingerprint density at radius 3 is 2.67 bits per heavy atom. The summed E-state index contributed by atoms with van der Waals surface area (Å²) >= 11 is 0.